The van der Waals surface area contributed by atoms with Crippen LogP contribution in [0.15, 0.2) is 8.83 Å². The molecule has 0 aromatic carbocycles. The lowest BCUT2D eigenvalue weighted by atomic mass is 9.81. The van der Waals surface area contributed by atoms with E-state index in [1.54, 1.807) is 0 Å². The van der Waals surface area contributed by atoms with Crippen LogP contribution in [0.1, 0.15) is 131 Å². The first-order valence-electron chi connectivity index (χ1n) is 12.3. The first-order valence-corrected chi connectivity index (χ1v) is 12.3. The minimum Gasteiger partial charge on any atom is -0.425 e. The molecule has 0 saturated heterocycles. The quantitative estimate of drug-likeness (QED) is 0.554. The average molecular weight is 423 g/mol. The van der Waals surface area contributed by atoms with Gasteiger partial charge in [-0.3, -0.25) is 0 Å². The van der Waals surface area contributed by atoms with Gasteiger partial charge in [-0.25, -0.2) is 0 Å². The Morgan fingerprint density at radius 3 is 1.26 bits per heavy atom. The van der Waals surface area contributed by atoms with Crippen molar-refractivity contribution < 1.29 is 8.83 Å². The lowest BCUT2D eigenvalue weighted by Gasteiger charge is -2.25. The van der Waals surface area contributed by atoms with Gasteiger partial charge in [0, 0.05) is 29.6 Å². The molecular formula is C25H34N4O2. The molecule has 0 aliphatic heterocycles. The molecular weight excluding hydrogens is 388 g/mol. The van der Waals surface area contributed by atoms with Crippen LogP contribution >= 0.6 is 0 Å². The Hall–Kier alpha value is -2.16. The van der Waals surface area contributed by atoms with E-state index >= 15 is 0 Å². The third kappa shape index (κ3) is 4.56. The van der Waals surface area contributed by atoms with Gasteiger partial charge in [0.25, 0.3) is 0 Å². The zero-order valence-electron chi connectivity index (χ0n) is 18.6. The van der Waals surface area contributed by atoms with Crippen LogP contribution in [0, 0.1) is 24.2 Å². The van der Waals surface area contributed by atoms with E-state index in [1.807, 2.05) is 0 Å². The third-order valence-electron chi connectivity index (χ3n) is 8.02. The van der Waals surface area contributed by atoms with Crippen molar-refractivity contribution in [3.8, 4) is 12.3 Å². The Kier molecular flexibility index (Phi) is 6.11. The van der Waals surface area contributed by atoms with Crippen LogP contribution in [0.4, 0.5) is 0 Å². The fourth-order valence-electron chi connectivity index (χ4n) is 5.75. The maximum Gasteiger partial charge on any atom is 0.219 e. The molecule has 3 saturated carbocycles. The summed E-state index contributed by atoms with van der Waals surface area (Å²) in [7, 11) is 0. The van der Waals surface area contributed by atoms with Crippen molar-refractivity contribution in [3.63, 3.8) is 0 Å². The molecule has 3 aliphatic carbocycles. The summed E-state index contributed by atoms with van der Waals surface area (Å²) in [5.41, 5.74) is 0. The van der Waals surface area contributed by atoms with Crippen molar-refractivity contribution in [2.75, 3.05) is 0 Å². The molecule has 5 rings (SSSR count). The van der Waals surface area contributed by atoms with E-state index in [4.69, 9.17) is 15.3 Å². The lowest BCUT2D eigenvalue weighted by molar-refractivity contribution is 0.271. The predicted octanol–water partition coefficient (Wildman–Crippen LogP) is 6.09. The summed E-state index contributed by atoms with van der Waals surface area (Å²) in [5.74, 6) is 9.02. The van der Waals surface area contributed by atoms with E-state index in [2.05, 4.69) is 33.2 Å². The molecule has 3 aliphatic rings. The molecule has 166 valence electrons. The van der Waals surface area contributed by atoms with Crippen molar-refractivity contribution in [1.82, 2.24) is 20.4 Å². The minimum atomic E-state index is 0.349. The Balaban J connectivity index is 1.15. The molecule has 6 heteroatoms. The summed E-state index contributed by atoms with van der Waals surface area (Å²) in [4.78, 5) is 0. The molecule has 2 aromatic rings. The zero-order valence-corrected chi connectivity index (χ0v) is 18.6. The Labute approximate surface area is 185 Å². The molecule has 31 heavy (non-hydrogen) atoms. The van der Waals surface area contributed by atoms with Crippen molar-refractivity contribution in [2.45, 2.75) is 108 Å². The number of hydrogen-bond acceptors (Lipinski definition) is 6. The SMILES string of the molecule is C#CC1CCC(c2nnc(C3CCC(c4nnc(C5CCC(C)CC5)o4)CC3)o2)CC1. The molecule has 0 bridgehead atoms. The number of rotatable bonds is 4. The van der Waals surface area contributed by atoms with Gasteiger partial charge in [0.05, 0.1) is 0 Å². The van der Waals surface area contributed by atoms with Crippen molar-refractivity contribution in [2.24, 2.45) is 11.8 Å². The normalized spacial score (nSPS) is 34.3. The van der Waals surface area contributed by atoms with Crippen LogP contribution < -0.4 is 0 Å². The topological polar surface area (TPSA) is 77.8 Å². The minimum absolute atomic E-state index is 0.349. The standard InChI is InChI=1S/C25H34N4O2/c1-3-17-6-10-19(11-7-17)23-27-29-25(31-23)21-14-12-20(13-15-21)24-28-26-22(30-24)18-8-4-16(2)5-9-18/h1,16-21H,4-15H2,2H3. The Morgan fingerprint density at radius 2 is 0.903 bits per heavy atom. The molecule has 2 heterocycles. The molecule has 0 atom stereocenters. The fraction of sp³-hybridized carbons (Fsp3) is 0.760. The van der Waals surface area contributed by atoms with Crippen LogP contribution in [0.3, 0.4) is 0 Å². The average Bonchev–Trinajstić information content (AvgIpc) is 3.50. The summed E-state index contributed by atoms with van der Waals surface area (Å²) in [6.07, 6.45) is 18.9. The number of nitrogens with zero attached hydrogens (tertiary/aromatic N) is 4. The summed E-state index contributed by atoms with van der Waals surface area (Å²) in [6.45, 7) is 2.34. The third-order valence-corrected chi connectivity index (χ3v) is 8.02. The Bertz CT molecular complexity index is 889. The van der Waals surface area contributed by atoms with Gasteiger partial charge in [-0.1, -0.05) is 6.92 Å². The van der Waals surface area contributed by atoms with Gasteiger partial charge in [0.1, 0.15) is 0 Å². The van der Waals surface area contributed by atoms with Gasteiger partial charge in [0.2, 0.25) is 23.6 Å². The molecule has 2 aromatic heterocycles. The maximum absolute atomic E-state index is 6.15. The molecule has 6 nitrogen and oxygen atoms in total. The second kappa shape index (κ2) is 9.14. The summed E-state index contributed by atoms with van der Waals surface area (Å²) >= 11 is 0. The summed E-state index contributed by atoms with van der Waals surface area (Å²) in [6, 6.07) is 0. The van der Waals surface area contributed by atoms with Crippen molar-refractivity contribution in [3.05, 3.63) is 23.6 Å². The van der Waals surface area contributed by atoms with E-state index in [0.717, 1.165) is 80.8 Å². The molecule has 0 amide bonds. The highest BCUT2D eigenvalue weighted by Gasteiger charge is 2.32. The van der Waals surface area contributed by atoms with Gasteiger partial charge in [-0.15, -0.1) is 32.7 Å². The first kappa shape index (κ1) is 20.7. The lowest BCUT2D eigenvalue weighted by Crippen LogP contribution is -2.13. The van der Waals surface area contributed by atoms with Crippen molar-refractivity contribution in [1.29, 1.82) is 0 Å². The monoisotopic (exact) mass is 422 g/mol. The summed E-state index contributed by atoms with van der Waals surface area (Å²) in [5, 5.41) is 17.7. The van der Waals surface area contributed by atoms with Gasteiger partial charge in [0.15, 0.2) is 0 Å². The van der Waals surface area contributed by atoms with Gasteiger partial charge in [-0.05, 0) is 83.0 Å². The number of aromatic nitrogens is 4. The van der Waals surface area contributed by atoms with E-state index in [9.17, 15) is 0 Å². The van der Waals surface area contributed by atoms with E-state index in [1.165, 1.54) is 25.7 Å². The van der Waals surface area contributed by atoms with Gasteiger partial charge >= 0.3 is 0 Å². The van der Waals surface area contributed by atoms with Crippen LogP contribution in [0.5, 0.6) is 0 Å². The fourth-order valence-corrected chi connectivity index (χ4v) is 5.75. The molecule has 0 spiro atoms. The van der Waals surface area contributed by atoms with Crippen LogP contribution in [0.2, 0.25) is 0 Å². The maximum atomic E-state index is 6.15. The first-order chi connectivity index (χ1) is 15.2. The second-order valence-corrected chi connectivity index (χ2v) is 10.2. The van der Waals surface area contributed by atoms with E-state index < -0.39 is 0 Å². The van der Waals surface area contributed by atoms with Crippen molar-refractivity contribution >= 4 is 0 Å². The molecule has 0 unspecified atom stereocenters. The highest BCUT2D eigenvalue weighted by atomic mass is 16.4. The molecule has 0 radical (unpaired) electrons. The van der Waals surface area contributed by atoms with Crippen LogP contribution in [-0.4, -0.2) is 20.4 Å². The largest absolute Gasteiger partial charge is 0.425 e. The highest BCUT2D eigenvalue weighted by molar-refractivity contribution is 5.05. The highest BCUT2D eigenvalue weighted by Crippen LogP contribution is 2.42. The smallest absolute Gasteiger partial charge is 0.219 e. The van der Waals surface area contributed by atoms with E-state index in [0.29, 0.717) is 29.6 Å². The number of hydrogen-bond donors (Lipinski definition) is 0. The van der Waals surface area contributed by atoms with Gasteiger partial charge < -0.3 is 8.83 Å². The number of terminal acetylenes is 1. The summed E-state index contributed by atoms with van der Waals surface area (Å²) < 4.78 is 12.3. The predicted molar refractivity (Wildman–Crippen MR) is 116 cm³/mol. The van der Waals surface area contributed by atoms with Crippen LogP contribution in [0.25, 0.3) is 0 Å². The van der Waals surface area contributed by atoms with Gasteiger partial charge in [-0.2, -0.15) is 0 Å². The van der Waals surface area contributed by atoms with E-state index in [-0.39, 0.29) is 0 Å². The Morgan fingerprint density at radius 1 is 0.581 bits per heavy atom. The van der Waals surface area contributed by atoms with Crippen LogP contribution in [-0.2, 0) is 0 Å². The molecule has 0 N–H and O–H groups in total. The zero-order chi connectivity index (χ0) is 21.2. The second-order valence-electron chi connectivity index (χ2n) is 10.2. The molecule has 3 fully saturated rings.